The standard InChI is InChI=1S/C58H48N4O.Pt/c1-56(2,3)40-29-30-59-55(32-40)62-51-28-25-39(38-17-10-8-11-18-38)31-46(51)45-27-26-44(34-52(45)62)63-43-22-16-21-42(33-43)61-37-60(41-19-12-9-13-20-41)53-35-49-50(36-54(53)61)58(6,7)48-24-15-14-23-47(48)57(49,4)5;/h8-32,35-36H,1-7H3;/q-2;. The fraction of sp³-hybridized carbons (Fsp3) is 0.172. The van der Waals surface area contributed by atoms with Crippen molar-refractivity contribution in [1.82, 2.24) is 14.1 Å². The Labute approximate surface area is 389 Å². The minimum absolute atomic E-state index is 0. The van der Waals surface area contributed by atoms with Crippen molar-refractivity contribution in [3.63, 3.8) is 0 Å². The zero-order valence-electron chi connectivity index (χ0n) is 37.1. The number of nitrogens with zero attached hydrogens (tertiary/aromatic N) is 4. The first kappa shape index (κ1) is 41.5. The van der Waals surface area contributed by atoms with E-state index in [-0.39, 0.29) is 37.3 Å². The maximum atomic E-state index is 6.72. The molecule has 11 rings (SSSR count). The summed E-state index contributed by atoms with van der Waals surface area (Å²) in [6.07, 6.45) is 5.65. The molecular weight excluding hydrogens is 964 g/mol. The Morgan fingerprint density at radius 1 is 0.578 bits per heavy atom. The number of pyridine rings is 1. The van der Waals surface area contributed by atoms with E-state index in [2.05, 4.69) is 220 Å². The van der Waals surface area contributed by atoms with Crippen LogP contribution in [0.4, 0.5) is 0 Å². The summed E-state index contributed by atoms with van der Waals surface area (Å²) in [6.45, 7) is 16.1. The van der Waals surface area contributed by atoms with Crippen LogP contribution in [-0.4, -0.2) is 14.1 Å². The Kier molecular flexibility index (Phi) is 9.92. The number of benzene rings is 7. The third-order valence-corrected chi connectivity index (χ3v) is 13.2. The predicted molar refractivity (Wildman–Crippen MR) is 255 cm³/mol. The number of hydrogen-bond acceptors (Lipinski definition) is 2. The summed E-state index contributed by atoms with van der Waals surface area (Å²) in [5.41, 5.74) is 14.4. The first-order valence-corrected chi connectivity index (χ1v) is 21.8. The third kappa shape index (κ3) is 6.72. The van der Waals surface area contributed by atoms with E-state index in [1.54, 1.807) is 0 Å². The number of hydrogen-bond donors (Lipinski definition) is 0. The van der Waals surface area contributed by atoms with Gasteiger partial charge in [0.05, 0.1) is 16.7 Å². The van der Waals surface area contributed by atoms with Crippen molar-refractivity contribution in [2.75, 3.05) is 0 Å². The van der Waals surface area contributed by atoms with Gasteiger partial charge >= 0.3 is 0 Å². The molecule has 0 radical (unpaired) electrons. The van der Waals surface area contributed by atoms with Gasteiger partial charge in [-0.25, -0.2) is 4.98 Å². The largest absolute Gasteiger partial charge is 0.510 e. The van der Waals surface area contributed by atoms with E-state index in [1.807, 2.05) is 24.4 Å². The molecule has 7 aromatic carbocycles. The van der Waals surface area contributed by atoms with Crippen molar-refractivity contribution >= 4 is 32.8 Å². The van der Waals surface area contributed by atoms with E-state index < -0.39 is 0 Å². The molecule has 5 nitrogen and oxygen atoms in total. The van der Waals surface area contributed by atoms with Gasteiger partial charge < -0.3 is 13.9 Å². The van der Waals surface area contributed by atoms with Crippen LogP contribution in [0.1, 0.15) is 76.3 Å². The van der Waals surface area contributed by atoms with Crippen LogP contribution in [0.3, 0.4) is 0 Å². The Morgan fingerprint density at radius 3 is 1.97 bits per heavy atom. The number of ether oxygens (including phenoxy) is 1. The summed E-state index contributed by atoms with van der Waals surface area (Å²) >= 11 is 0. The Morgan fingerprint density at radius 2 is 1.25 bits per heavy atom. The van der Waals surface area contributed by atoms with Gasteiger partial charge in [-0.2, -0.15) is 18.2 Å². The van der Waals surface area contributed by atoms with E-state index in [9.17, 15) is 0 Å². The molecule has 0 bridgehead atoms. The summed E-state index contributed by atoms with van der Waals surface area (Å²) in [4.78, 5) is 4.93. The molecule has 64 heavy (non-hydrogen) atoms. The normalized spacial score (nSPS) is 14.0. The van der Waals surface area contributed by atoms with Crippen molar-refractivity contribution in [1.29, 1.82) is 0 Å². The molecule has 0 N–H and O–H groups in total. The third-order valence-electron chi connectivity index (χ3n) is 13.2. The molecule has 1 aliphatic carbocycles. The van der Waals surface area contributed by atoms with Gasteiger partial charge in [0.2, 0.25) is 0 Å². The average molecular weight is 1010 g/mol. The number of rotatable bonds is 6. The first-order valence-electron chi connectivity index (χ1n) is 21.8. The number of fused-ring (bicyclic) bond motifs is 6. The molecule has 0 amide bonds. The Bertz CT molecular complexity index is 3410. The predicted octanol–water partition coefficient (Wildman–Crippen LogP) is 13.5. The molecule has 0 saturated heterocycles. The molecule has 3 heterocycles. The van der Waals surface area contributed by atoms with Crippen LogP contribution in [0.15, 0.2) is 164 Å². The zero-order chi connectivity index (χ0) is 43.3. The van der Waals surface area contributed by atoms with Crippen LogP contribution in [-0.2, 0) is 37.3 Å². The van der Waals surface area contributed by atoms with Crippen molar-refractivity contribution in [3.05, 3.63) is 210 Å². The number of aromatic nitrogens is 4. The molecular formula is C58H48N4OPt-2. The van der Waals surface area contributed by atoms with Crippen LogP contribution in [0, 0.1) is 18.5 Å². The van der Waals surface area contributed by atoms with Crippen LogP contribution < -0.4 is 9.30 Å². The topological polar surface area (TPSA) is 35.9 Å². The van der Waals surface area contributed by atoms with Gasteiger partial charge in [-0.3, -0.25) is 4.57 Å². The first-order chi connectivity index (χ1) is 30.4. The SMILES string of the molecule is CC(C)(C)c1ccnc(-n2c3[c-]c(Oc4[c-]c(-n5[c-][n+](-c6ccccc6)c6cc7c(cc65)C(C)(C)c5ccccc5C7(C)C)ccc4)ccc3c3cc(-c4ccccc4)ccc32)c1.[Pt]. The minimum Gasteiger partial charge on any atom is -0.510 e. The minimum atomic E-state index is -0.208. The van der Waals surface area contributed by atoms with Gasteiger partial charge in [-0.05, 0) is 97.9 Å². The second kappa shape index (κ2) is 15.3. The second-order valence-corrected chi connectivity index (χ2v) is 19.0. The fourth-order valence-corrected chi connectivity index (χ4v) is 9.78. The van der Waals surface area contributed by atoms with E-state index in [0.717, 1.165) is 55.6 Å². The van der Waals surface area contributed by atoms with E-state index in [4.69, 9.17) is 9.72 Å². The molecule has 3 aromatic heterocycles. The van der Waals surface area contributed by atoms with Crippen molar-refractivity contribution < 1.29 is 30.4 Å². The van der Waals surface area contributed by atoms with Gasteiger partial charge in [0.25, 0.3) is 6.33 Å². The van der Waals surface area contributed by atoms with Gasteiger partial charge in [0.1, 0.15) is 5.82 Å². The summed E-state index contributed by atoms with van der Waals surface area (Å²) in [7, 11) is 0. The van der Waals surface area contributed by atoms with Gasteiger partial charge in [0.15, 0.2) is 0 Å². The maximum absolute atomic E-state index is 6.72. The Balaban J connectivity index is 0.00000484. The van der Waals surface area contributed by atoms with Crippen LogP contribution in [0.25, 0.3) is 61.2 Å². The smallest absolute Gasteiger partial charge is 0.268 e. The molecule has 0 unspecified atom stereocenters. The molecule has 0 fully saturated rings. The number of imidazole rings is 1. The molecule has 0 spiro atoms. The number of para-hydroxylation sites is 1. The second-order valence-electron chi connectivity index (χ2n) is 19.0. The van der Waals surface area contributed by atoms with Gasteiger partial charge in [-0.1, -0.05) is 139 Å². The van der Waals surface area contributed by atoms with E-state index >= 15 is 0 Å². The molecule has 0 saturated carbocycles. The van der Waals surface area contributed by atoms with E-state index in [0.29, 0.717) is 11.5 Å². The van der Waals surface area contributed by atoms with Crippen molar-refractivity contribution in [3.8, 4) is 39.8 Å². The Hall–Kier alpha value is -6.55. The molecule has 0 atom stereocenters. The van der Waals surface area contributed by atoms with Gasteiger partial charge in [-0.15, -0.1) is 29.7 Å². The van der Waals surface area contributed by atoms with Crippen LogP contribution >= 0.6 is 0 Å². The quantitative estimate of drug-likeness (QED) is 0.123. The summed E-state index contributed by atoms with van der Waals surface area (Å²) < 4.78 is 13.2. The molecule has 6 heteroatoms. The van der Waals surface area contributed by atoms with Crippen LogP contribution in [0.5, 0.6) is 11.5 Å². The summed E-state index contributed by atoms with van der Waals surface area (Å²) in [5.74, 6) is 2.02. The summed E-state index contributed by atoms with van der Waals surface area (Å²) in [6, 6.07) is 63.2. The average Bonchev–Trinajstić information content (AvgIpc) is 3.84. The molecule has 1 aliphatic rings. The van der Waals surface area contributed by atoms with Crippen molar-refractivity contribution in [2.45, 2.75) is 64.7 Å². The van der Waals surface area contributed by atoms with Crippen molar-refractivity contribution in [2.24, 2.45) is 0 Å². The molecule has 10 aromatic rings. The fourth-order valence-electron chi connectivity index (χ4n) is 9.78. The van der Waals surface area contributed by atoms with Gasteiger partial charge in [0, 0.05) is 55.1 Å². The maximum Gasteiger partial charge on any atom is 0.268 e. The summed E-state index contributed by atoms with van der Waals surface area (Å²) in [5, 5.41) is 2.21. The van der Waals surface area contributed by atoms with Crippen LogP contribution in [0.2, 0.25) is 0 Å². The van der Waals surface area contributed by atoms with E-state index in [1.165, 1.54) is 33.4 Å². The molecule has 318 valence electrons. The molecule has 0 aliphatic heterocycles. The zero-order valence-corrected chi connectivity index (χ0v) is 39.4. The monoisotopic (exact) mass is 1010 g/mol.